The van der Waals surface area contributed by atoms with E-state index in [-0.39, 0.29) is 6.16 Å². The summed E-state index contributed by atoms with van der Waals surface area (Å²) in [6, 6.07) is 0. The van der Waals surface area contributed by atoms with Crippen molar-refractivity contribution in [1.82, 2.24) is 0 Å². The number of unbranched alkanes of at least 4 members (excludes halogenated alkanes) is 8. The SMILES string of the molecule is OCCCCCCCCCCC[PH](O)(O)O. The second-order valence-corrected chi connectivity index (χ2v) is 6.48. The van der Waals surface area contributed by atoms with Crippen LogP contribution in [0.2, 0.25) is 0 Å². The first-order chi connectivity index (χ1) is 7.56. The summed E-state index contributed by atoms with van der Waals surface area (Å²) in [6.07, 6.45) is 9.78. The quantitative estimate of drug-likeness (QED) is 0.335. The maximum absolute atomic E-state index is 8.77. The summed E-state index contributed by atoms with van der Waals surface area (Å²) in [6.45, 7) is 0.301. The number of rotatable bonds is 11. The van der Waals surface area contributed by atoms with Gasteiger partial charge in [0.05, 0.1) is 0 Å². The average Bonchev–Trinajstić information content (AvgIpc) is 2.19. The van der Waals surface area contributed by atoms with Gasteiger partial charge in [0, 0.05) is 0 Å². The number of hydrogen-bond donors (Lipinski definition) is 4. The summed E-state index contributed by atoms with van der Waals surface area (Å²) in [5, 5.41) is 8.57. The Bertz CT molecular complexity index is 147. The van der Waals surface area contributed by atoms with Crippen molar-refractivity contribution in [1.29, 1.82) is 0 Å². The van der Waals surface area contributed by atoms with Crippen molar-refractivity contribution >= 4 is 7.94 Å². The van der Waals surface area contributed by atoms with E-state index in [1.54, 1.807) is 0 Å². The van der Waals surface area contributed by atoms with Gasteiger partial charge in [0.2, 0.25) is 0 Å². The number of aliphatic hydroxyl groups is 1. The number of hydrogen-bond acceptors (Lipinski definition) is 4. The van der Waals surface area contributed by atoms with Crippen LogP contribution in [0.4, 0.5) is 0 Å². The van der Waals surface area contributed by atoms with E-state index >= 15 is 0 Å². The predicted molar refractivity (Wildman–Crippen MR) is 68.5 cm³/mol. The normalized spacial score (nSPS) is 13.0. The molecule has 0 aromatic carbocycles. The summed E-state index contributed by atoms with van der Waals surface area (Å²) in [7, 11) is -3.77. The minimum atomic E-state index is -3.77. The molecule has 0 heterocycles. The second-order valence-electron chi connectivity index (χ2n) is 4.43. The molecule has 0 saturated carbocycles. The molecule has 0 rings (SSSR count). The molecule has 4 nitrogen and oxygen atoms in total. The summed E-state index contributed by atoms with van der Waals surface area (Å²) in [4.78, 5) is 26.3. The van der Waals surface area contributed by atoms with Crippen LogP contribution in [0.25, 0.3) is 0 Å². The fraction of sp³-hybridized carbons (Fsp3) is 1.00. The molecular weight excluding hydrogens is 227 g/mol. The van der Waals surface area contributed by atoms with E-state index in [9.17, 15) is 0 Å². The standard InChI is InChI=1S/C11H27O4P/c12-10-8-6-4-2-1-3-5-7-9-11-16(13,14)15/h12-16H,1-11H2. The molecule has 0 aromatic heterocycles. The van der Waals surface area contributed by atoms with E-state index in [0.29, 0.717) is 13.0 Å². The molecule has 5 heteroatoms. The van der Waals surface area contributed by atoms with Crippen LogP contribution in [-0.4, -0.2) is 32.6 Å². The molecule has 0 aliphatic rings. The van der Waals surface area contributed by atoms with Crippen LogP contribution in [0.15, 0.2) is 0 Å². The topological polar surface area (TPSA) is 80.9 Å². The van der Waals surface area contributed by atoms with Crippen LogP contribution in [0.5, 0.6) is 0 Å². The van der Waals surface area contributed by atoms with E-state index in [1.807, 2.05) is 0 Å². The first kappa shape index (κ1) is 16.3. The summed E-state index contributed by atoms with van der Waals surface area (Å²) < 4.78 is 0. The summed E-state index contributed by atoms with van der Waals surface area (Å²) in [5.74, 6) is 0. The third-order valence-electron chi connectivity index (χ3n) is 2.67. The molecule has 4 N–H and O–H groups in total. The van der Waals surface area contributed by atoms with Crippen molar-refractivity contribution in [2.24, 2.45) is 0 Å². The van der Waals surface area contributed by atoms with Gasteiger partial charge in [-0.25, -0.2) is 0 Å². The Balaban J connectivity index is 2.99. The Kier molecular flexibility index (Phi) is 10.6. The third kappa shape index (κ3) is 14.3. The first-order valence-electron chi connectivity index (χ1n) is 6.34. The maximum atomic E-state index is 8.77. The van der Waals surface area contributed by atoms with E-state index < -0.39 is 7.94 Å². The van der Waals surface area contributed by atoms with Gasteiger partial charge in [-0.3, -0.25) is 0 Å². The molecule has 0 spiro atoms. The Morgan fingerprint density at radius 1 is 0.562 bits per heavy atom. The van der Waals surface area contributed by atoms with Gasteiger partial charge in [-0.1, -0.05) is 0 Å². The zero-order chi connectivity index (χ0) is 12.3. The molecule has 0 unspecified atom stereocenters. The Morgan fingerprint density at radius 2 is 0.938 bits per heavy atom. The van der Waals surface area contributed by atoms with E-state index in [4.69, 9.17) is 19.8 Å². The third-order valence-corrected chi connectivity index (χ3v) is 3.69. The van der Waals surface area contributed by atoms with Gasteiger partial charge < -0.3 is 0 Å². The van der Waals surface area contributed by atoms with E-state index in [0.717, 1.165) is 25.7 Å². The van der Waals surface area contributed by atoms with Crippen LogP contribution in [0.3, 0.4) is 0 Å². The van der Waals surface area contributed by atoms with Crippen LogP contribution in [0.1, 0.15) is 57.8 Å². The molecule has 0 saturated heterocycles. The minimum absolute atomic E-state index is 0.170. The summed E-state index contributed by atoms with van der Waals surface area (Å²) >= 11 is 0. The van der Waals surface area contributed by atoms with Gasteiger partial charge >= 0.3 is 98.3 Å². The molecule has 0 atom stereocenters. The Labute approximate surface area is 98.9 Å². The zero-order valence-corrected chi connectivity index (χ0v) is 11.1. The fourth-order valence-corrected chi connectivity index (χ4v) is 2.44. The molecular formula is C11H27O4P. The van der Waals surface area contributed by atoms with E-state index in [1.165, 1.54) is 25.7 Å². The fourth-order valence-electron chi connectivity index (χ4n) is 1.71. The molecule has 0 radical (unpaired) electrons. The van der Waals surface area contributed by atoms with Crippen molar-refractivity contribution in [3.8, 4) is 0 Å². The van der Waals surface area contributed by atoms with Gasteiger partial charge in [-0.15, -0.1) is 0 Å². The van der Waals surface area contributed by atoms with Crippen molar-refractivity contribution in [3.05, 3.63) is 0 Å². The van der Waals surface area contributed by atoms with Crippen LogP contribution < -0.4 is 0 Å². The second kappa shape index (κ2) is 10.4. The van der Waals surface area contributed by atoms with Gasteiger partial charge in [0.25, 0.3) is 0 Å². The molecule has 0 aliphatic heterocycles. The predicted octanol–water partition coefficient (Wildman–Crippen LogP) is 1.96. The van der Waals surface area contributed by atoms with Gasteiger partial charge in [0.1, 0.15) is 0 Å². The molecule has 100 valence electrons. The van der Waals surface area contributed by atoms with Crippen molar-refractivity contribution < 1.29 is 19.8 Å². The summed E-state index contributed by atoms with van der Waals surface area (Å²) in [5.41, 5.74) is 0. The Morgan fingerprint density at radius 3 is 1.31 bits per heavy atom. The van der Waals surface area contributed by atoms with Gasteiger partial charge in [-0.05, 0) is 0 Å². The average molecular weight is 254 g/mol. The van der Waals surface area contributed by atoms with E-state index in [2.05, 4.69) is 0 Å². The molecule has 0 bridgehead atoms. The molecule has 0 aliphatic carbocycles. The van der Waals surface area contributed by atoms with Crippen molar-refractivity contribution in [2.45, 2.75) is 57.8 Å². The number of aliphatic hydroxyl groups excluding tert-OH is 1. The molecule has 16 heavy (non-hydrogen) atoms. The monoisotopic (exact) mass is 254 g/mol. The molecule has 0 aromatic rings. The van der Waals surface area contributed by atoms with Gasteiger partial charge in [0.15, 0.2) is 0 Å². The van der Waals surface area contributed by atoms with Crippen LogP contribution in [0, 0.1) is 0 Å². The Hall–Kier alpha value is 0.270. The molecule has 0 fully saturated rings. The first-order valence-corrected chi connectivity index (χ1v) is 8.39. The zero-order valence-electron chi connectivity index (χ0n) is 10.1. The molecule has 0 amide bonds. The van der Waals surface area contributed by atoms with Crippen LogP contribution in [-0.2, 0) is 0 Å². The van der Waals surface area contributed by atoms with Crippen LogP contribution >= 0.6 is 7.94 Å². The van der Waals surface area contributed by atoms with Crippen molar-refractivity contribution in [3.63, 3.8) is 0 Å². The van der Waals surface area contributed by atoms with Gasteiger partial charge in [-0.2, -0.15) is 0 Å². The van der Waals surface area contributed by atoms with Crippen molar-refractivity contribution in [2.75, 3.05) is 12.8 Å².